The van der Waals surface area contributed by atoms with Gasteiger partial charge in [-0.15, -0.1) is 0 Å². The second kappa shape index (κ2) is 4.24. The normalized spacial score (nSPS) is 11.3. The maximum absolute atomic E-state index is 8.77. The molecule has 0 amide bonds. The number of pyridine rings is 1. The van der Waals surface area contributed by atoms with E-state index in [2.05, 4.69) is 4.98 Å². The number of hydrogen-bond acceptors (Lipinski definition) is 2. The minimum absolute atomic E-state index is 0.0652. The van der Waals surface area contributed by atoms with Crippen molar-refractivity contribution in [2.45, 2.75) is 6.92 Å². The predicted octanol–water partition coefficient (Wildman–Crippen LogP) is 2.55. The highest BCUT2D eigenvalue weighted by molar-refractivity contribution is 5.87. The summed E-state index contributed by atoms with van der Waals surface area (Å²) in [5.41, 5.74) is 3.09. The summed E-state index contributed by atoms with van der Waals surface area (Å²) >= 11 is 0. The molecule has 2 heteroatoms. The molecule has 1 heterocycles. The Morgan fingerprint density at radius 3 is 2.93 bits per heavy atom. The molecular weight excluding hydrogens is 186 g/mol. The minimum Gasteiger partial charge on any atom is -0.392 e. The molecule has 2 rings (SSSR count). The van der Waals surface area contributed by atoms with Crippen LogP contribution in [0.5, 0.6) is 0 Å². The summed E-state index contributed by atoms with van der Waals surface area (Å²) in [5, 5.41) is 9.88. The van der Waals surface area contributed by atoms with Gasteiger partial charge in [0.25, 0.3) is 0 Å². The van der Waals surface area contributed by atoms with Crippen LogP contribution in [-0.4, -0.2) is 16.7 Å². The third-order valence-electron chi connectivity index (χ3n) is 2.28. The second-order valence-electron chi connectivity index (χ2n) is 3.45. The van der Waals surface area contributed by atoms with Gasteiger partial charge in [0.1, 0.15) is 0 Å². The number of aromatic nitrogens is 1. The number of fused-ring (bicyclic) bond motifs is 1. The van der Waals surface area contributed by atoms with Gasteiger partial charge in [0.15, 0.2) is 0 Å². The molecule has 2 nitrogen and oxygen atoms in total. The molecule has 15 heavy (non-hydrogen) atoms. The third kappa shape index (κ3) is 2.05. The quantitative estimate of drug-likeness (QED) is 0.806. The summed E-state index contributed by atoms with van der Waals surface area (Å²) < 4.78 is 0. The van der Waals surface area contributed by atoms with Gasteiger partial charge in [-0.2, -0.15) is 0 Å². The van der Waals surface area contributed by atoms with E-state index >= 15 is 0 Å². The number of hydrogen-bond donors (Lipinski definition) is 1. The lowest BCUT2D eigenvalue weighted by Crippen LogP contribution is -1.87. The lowest BCUT2D eigenvalue weighted by Gasteiger charge is -2.03. The van der Waals surface area contributed by atoms with Gasteiger partial charge in [-0.25, -0.2) is 0 Å². The Bertz CT molecular complexity index is 503. The van der Waals surface area contributed by atoms with Crippen molar-refractivity contribution in [3.05, 3.63) is 47.7 Å². The Balaban J connectivity index is 2.65. The first-order chi connectivity index (χ1) is 7.31. The molecule has 1 aromatic heterocycles. The van der Waals surface area contributed by atoms with Gasteiger partial charge in [-0.1, -0.05) is 30.4 Å². The molecule has 0 fully saturated rings. The highest BCUT2D eigenvalue weighted by atomic mass is 16.2. The predicted molar refractivity (Wildman–Crippen MR) is 62.6 cm³/mol. The van der Waals surface area contributed by atoms with E-state index in [4.69, 9.17) is 5.11 Å². The Hall–Kier alpha value is -1.67. The van der Waals surface area contributed by atoms with Gasteiger partial charge in [-0.3, -0.25) is 4.98 Å². The first kappa shape index (κ1) is 9.87. The van der Waals surface area contributed by atoms with E-state index in [1.807, 2.05) is 43.3 Å². The van der Waals surface area contributed by atoms with Gasteiger partial charge in [0, 0.05) is 11.1 Å². The van der Waals surface area contributed by atoms with Crippen molar-refractivity contribution in [2.24, 2.45) is 0 Å². The molecule has 1 aromatic carbocycles. The van der Waals surface area contributed by atoms with Crippen molar-refractivity contribution in [2.75, 3.05) is 6.61 Å². The van der Waals surface area contributed by atoms with Gasteiger partial charge in [-0.05, 0) is 24.6 Å². The lowest BCUT2D eigenvalue weighted by molar-refractivity contribution is 0.343. The molecule has 0 spiro atoms. The van der Waals surface area contributed by atoms with Crippen LogP contribution in [0.3, 0.4) is 0 Å². The van der Waals surface area contributed by atoms with Crippen LogP contribution >= 0.6 is 0 Å². The molecule has 1 N–H and O–H groups in total. The molecule has 0 saturated carbocycles. The molecule has 0 radical (unpaired) electrons. The van der Waals surface area contributed by atoms with E-state index in [0.29, 0.717) is 0 Å². The molecule has 0 atom stereocenters. The van der Waals surface area contributed by atoms with Crippen molar-refractivity contribution >= 4 is 17.0 Å². The van der Waals surface area contributed by atoms with Crippen molar-refractivity contribution in [3.8, 4) is 0 Å². The maximum atomic E-state index is 8.77. The van der Waals surface area contributed by atoms with Gasteiger partial charge in [0.2, 0.25) is 0 Å². The summed E-state index contributed by atoms with van der Waals surface area (Å²) in [6.07, 6.45) is 3.66. The van der Waals surface area contributed by atoms with E-state index in [0.717, 1.165) is 22.2 Å². The zero-order valence-electron chi connectivity index (χ0n) is 8.64. The second-order valence-corrected chi connectivity index (χ2v) is 3.45. The maximum Gasteiger partial charge on any atom is 0.0711 e. The number of nitrogens with zero attached hydrogens (tertiary/aromatic N) is 1. The average Bonchev–Trinajstić information content (AvgIpc) is 2.25. The van der Waals surface area contributed by atoms with E-state index < -0.39 is 0 Å². The number of aliphatic hydroxyl groups excluding tert-OH is 1. The first-order valence-corrected chi connectivity index (χ1v) is 4.95. The Kier molecular flexibility index (Phi) is 2.79. The number of rotatable bonds is 2. The van der Waals surface area contributed by atoms with Crippen LogP contribution in [-0.2, 0) is 0 Å². The fourth-order valence-corrected chi connectivity index (χ4v) is 1.66. The molecule has 0 bridgehead atoms. The first-order valence-electron chi connectivity index (χ1n) is 4.95. The van der Waals surface area contributed by atoms with Crippen molar-refractivity contribution < 1.29 is 5.11 Å². The Labute approximate surface area is 88.9 Å². The SMILES string of the molecule is Cc1cc(C=CCO)c2ccccc2n1. The van der Waals surface area contributed by atoms with Crippen LogP contribution in [0.15, 0.2) is 36.4 Å². The lowest BCUT2D eigenvalue weighted by atomic mass is 10.1. The molecule has 76 valence electrons. The molecule has 0 aliphatic rings. The molecular formula is C13H13NO. The van der Waals surface area contributed by atoms with Gasteiger partial charge < -0.3 is 5.11 Å². The van der Waals surface area contributed by atoms with Crippen LogP contribution < -0.4 is 0 Å². The van der Waals surface area contributed by atoms with Crippen molar-refractivity contribution in [1.82, 2.24) is 4.98 Å². The van der Waals surface area contributed by atoms with Gasteiger partial charge >= 0.3 is 0 Å². The molecule has 0 aliphatic heterocycles. The van der Waals surface area contributed by atoms with Gasteiger partial charge in [0.05, 0.1) is 12.1 Å². The number of benzene rings is 1. The van der Waals surface area contributed by atoms with Crippen LogP contribution in [0.2, 0.25) is 0 Å². The molecule has 0 aliphatic carbocycles. The molecule has 0 unspecified atom stereocenters. The van der Waals surface area contributed by atoms with E-state index in [1.54, 1.807) is 6.08 Å². The topological polar surface area (TPSA) is 33.1 Å². The van der Waals surface area contributed by atoms with E-state index in [1.165, 1.54) is 0 Å². The number of aliphatic hydroxyl groups is 1. The molecule has 2 aromatic rings. The summed E-state index contributed by atoms with van der Waals surface area (Å²) in [7, 11) is 0. The average molecular weight is 199 g/mol. The summed E-state index contributed by atoms with van der Waals surface area (Å²) in [4.78, 5) is 4.45. The highest BCUT2D eigenvalue weighted by Crippen LogP contribution is 2.19. The van der Waals surface area contributed by atoms with Crippen molar-refractivity contribution in [3.63, 3.8) is 0 Å². The minimum atomic E-state index is 0.0652. The Morgan fingerprint density at radius 2 is 2.13 bits per heavy atom. The summed E-state index contributed by atoms with van der Waals surface area (Å²) in [6, 6.07) is 10.0. The highest BCUT2D eigenvalue weighted by Gasteiger charge is 1.99. The van der Waals surface area contributed by atoms with E-state index in [-0.39, 0.29) is 6.61 Å². The monoisotopic (exact) mass is 199 g/mol. The van der Waals surface area contributed by atoms with Crippen LogP contribution in [0.25, 0.3) is 17.0 Å². The van der Waals surface area contributed by atoms with E-state index in [9.17, 15) is 0 Å². The molecule has 0 saturated heterocycles. The zero-order valence-corrected chi connectivity index (χ0v) is 8.64. The smallest absolute Gasteiger partial charge is 0.0711 e. The van der Waals surface area contributed by atoms with Crippen molar-refractivity contribution in [1.29, 1.82) is 0 Å². The fraction of sp³-hybridized carbons (Fsp3) is 0.154. The largest absolute Gasteiger partial charge is 0.392 e. The summed E-state index contributed by atoms with van der Waals surface area (Å²) in [5.74, 6) is 0. The fourth-order valence-electron chi connectivity index (χ4n) is 1.66. The standard InChI is InChI=1S/C13H13NO/c1-10-9-11(5-4-8-15)12-6-2-3-7-13(12)14-10/h2-7,9,15H,8H2,1H3. The number of aryl methyl sites for hydroxylation is 1. The van der Waals surface area contributed by atoms with Crippen LogP contribution in [0.4, 0.5) is 0 Å². The Morgan fingerprint density at radius 1 is 1.33 bits per heavy atom. The third-order valence-corrected chi connectivity index (χ3v) is 2.28. The van der Waals surface area contributed by atoms with Crippen LogP contribution in [0.1, 0.15) is 11.3 Å². The number of para-hydroxylation sites is 1. The summed E-state index contributed by atoms with van der Waals surface area (Å²) in [6.45, 7) is 2.04. The zero-order chi connectivity index (χ0) is 10.7. The van der Waals surface area contributed by atoms with Crippen LogP contribution in [0, 0.1) is 6.92 Å².